The summed E-state index contributed by atoms with van der Waals surface area (Å²) in [6.45, 7) is 24.8. The van der Waals surface area contributed by atoms with Crippen LogP contribution in [0.25, 0.3) is 0 Å². The Morgan fingerprint density at radius 1 is 0.787 bits per heavy atom. The molecule has 4 aromatic rings. The molecular weight excluding hydrogens is 808 g/mol. The van der Waals surface area contributed by atoms with Crippen LogP contribution < -0.4 is 9.64 Å². The van der Waals surface area contributed by atoms with Crippen molar-refractivity contribution in [3.63, 3.8) is 0 Å². The molecule has 0 aromatic heterocycles. The maximum Gasteiger partial charge on any atom is 0.183 e. The predicted molar refractivity (Wildman–Crippen MR) is 260 cm³/mol. The molecule has 314 valence electrons. The van der Waals surface area contributed by atoms with Crippen LogP contribution in [-0.2, 0) is 16.3 Å². The van der Waals surface area contributed by atoms with E-state index in [0.29, 0.717) is 12.0 Å². The number of benzene rings is 4. The van der Waals surface area contributed by atoms with Crippen molar-refractivity contribution in [1.29, 1.82) is 0 Å². The maximum absolute atomic E-state index is 7.31. The summed E-state index contributed by atoms with van der Waals surface area (Å²) in [4.78, 5) is 6.11. The molecule has 0 N–H and O–H groups in total. The van der Waals surface area contributed by atoms with Gasteiger partial charge in [0.2, 0.25) is 0 Å². The first-order valence-corrected chi connectivity index (χ1v) is 23.9. The fraction of sp³-hybridized carbons (Fsp3) is 0.327. The molecule has 0 amide bonds. The molecule has 0 bridgehead atoms. The van der Waals surface area contributed by atoms with Crippen molar-refractivity contribution in [2.75, 3.05) is 18.0 Å². The van der Waals surface area contributed by atoms with Crippen molar-refractivity contribution in [1.82, 2.24) is 0 Å². The summed E-state index contributed by atoms with van der Waals surface area (Å²) in [5.74, 6) is 2.33. The van der Waals surface area contributed by atoms with E-state index in [0.717, 1.165) is 58.6 Å². The summed E-state index contributed by atoms with van der Waals surface area (Å²) in [5.41, 5.74) is 12.6. The number of likely N-dealkylation sites (N-methyl/N-ethyl adjacent to an activating group) is 2. The minimum absolute atomic E-state index is 0.00794. The number of fused-ring (bicyclic) bond motifs is 2. The van der Waals surface area contributed by atoms with E-state index in [1.165, 1.54) is 59.6 Å². The third-order valence-corrected chi connectivity index (χ3v) is 16.0. The van der Waals surface area contributed by atoms with E-state index in [-0.39, 0.29) is 21.7 Å². The molecule has 2 aliphatic carbocycles. The zero-order valence-electron chi connectivity index (χ0n) is 37.5. The number of hydrogen-bond donors (Lipinski definition) is 0. The van der Waals surface area contributed by atoms with E-state index in [2.05, 4.69) is 176 Å². The number of aryl methyl sites for hydroxylation is 3. The van der Waals surface area contributed by atoms with Gasteiger partial charge in [-0.3, -0.25) is 0 Å². The molecule has 0 fully saturated rings. The molecule has 6 heteroatoms. The van der Waals surface area contributed by atoms with Crippen LogP contribution in [0, 0.1) is 32.1 Å². The molecule has 2 atom stereocenters. The Labute approximate surface area is 377 Å². The topological polar surface area (TPSA) is 15.5 Å². The molecule has 2 unspecified atom stereocenters. The molecule has 4 aromatic carbocycles. The highest BCUT2D eigenvalue weighted by atomic mass is 35.5. The normalized spacial score (nSPS) is 21.7. The van der Waals surface area contributed by atoms with Gasteiger partial charge >= 0.3 is 0 Å². The highest BCUT2D eigenvalue weighted by Crippen LogP contribution is 2.49. The minimum atomic E-state index is -0.371. The summed E-state index contributed by atoms with van der Waals surface area (Å²) in [5, 5.41) is 1.46. The first-order valence-electron chi connectivity index (χ1n) is 21.9. The fourth-order valence-electron chi connectivity index (χ4n) is 10.1. The second-order valence-electron chi connectivity index (χ2n) is 18.2. The van der Waals surface area contributed by atoms with E-state index >= 15 is 0 Å². The third-order valence-electron chi connectivity index (χ3n) is 13.3. The number of anilines is 1. The molecule has 61 heavy (non-hydrogen) atoms. The van der Waals surface area contributed by atoms with Crippen LogP contribution in [0.15, 0.2) is 164 Å². The molecule has 2 aliphatic heterocycles. The van der Waals surface area contributed by atoms with Crippen LogP contribution >= 0.6 is 23.2 Å². The van der Waals surface area contributed by atoms with Crippen molar-refractivity contribution >= 4 is 45.5 Å². The summed E-state index contributed by atoms with van der Waals surface area (Å²) < 4.78 is 9.91. The van der Waals surface area contributed by atoms with Gasteiger partial charge in [-0.2, -0.15) is 0 Å². The van der Waals surface area contributed by atoms with Gasteiger partial charge in [0.05, 0.1) is 22.2 Å². The number of rotatable bonds is 10. The Kier molecular flexibility index (Phi) is 12.0. The van der Waals surface area contributed by atoms with Crippen LogP contribution in [0.4, 0.5) is 5.69 Å². The van der Waals surface area contributed by atoms with Gasteiger partial charge in [0.25, 0.3) is 0 Å². The van der Waals surface area contributed by atoms with Gasteiger partial charge in [-0.15, -0.1) is 0 Å². The van der Waals surface area contributed by atoms with E-state index < -0.39 is 0 Å². The van der Waals surface area contributed by atoms with Gasteiger partial charge in [0.15, 0.2) is 26.4 Å². The molecule has 0 saturated carbocycles. The lowest BCUT2D eigenvalue weighted by molar-refractivity contribution is -0.546. The van der Waals surface area contributed by atoms with Crippen molar-refractivity contribution in [2.24, 2.45) is 11.3 Å². The van der Waals surface area contributed by atoms with E-state index in [1.54, 1.807) is 0 Å². The summed E-state index contributed by atoms with van der Waals surface area (Å²) >= 11 is 12.8. The van der Waals surface area contributed by atoms with Crippen molar-refractivity contribution < 1.29 is 9.31 Å². The first-order chi connectivity index (χ1) is 29.1. The molecular formula is C55H60Cl2N2OS+2. The van der Waals surface area contributed by atoms with Gasteiger partial charge in [0, 0.05) is 51.6 Å². The van der Waals surface area contributed by atoms with Gasteiger partial charge in [-0.25, -0.2) is 4.58 Å². The molecule has 2 heterocycles. The zero-order chi connectivity index (χ0) is 43.4. The third kappa shape index (κ3) is 8.05. The van der Waals surface area contributed by atoms with E-state index in [9.17, 15) is 0 Å². The summed E-state index contributed by atoms with van der Waals surface area (Å²) in [6.07, 6.45) is 18.5. The highest BCUT2D eigenvalue weighted by molar-refractivity contribution is 7.97. The number of nitrogens with zero attached hydrogens (tertiary/aromatic N) is 2. The average molecular weight is 868 g/mol. The second-order valence-corrected chi connectivity index (χ2v) is 21.1. The largest absolute Gasteiger partial charge is 0.456 e. The van der Waals surface area contributed by atoms with Crippen molar-refractivity contribution in [3.8, 4) is 5.75 Å². The molecule has 4 aliphatic rings. The van der Waals surface area contributed by atoms with E-state index in [4.69, 9.17) is 27.9 Å². The lowest BCUT2D eigenvalue weighted by Gasteiger charge is -2.26. The lowest BCUT2D eigenvalue weighted by Crippen LogP contribution is -2.31. The zero-order valence-corrected chi connectivity index (χ0v) is 39.8. The average Bonchev–Trinajstić information content (AvgIpc) is 3.78. The van der Waals surface area contributed by atoms with Crippen molar-refractivity contribution in [2.45, 2.75) is 108 Å². The smallest absolute Gasteiger partial charge is 0.183 e. The fourth-order valence-corrected chi connectivity index (χ4v) is 12.6. The maximum atomic E-state index is 7.31. The quantitative estimate of drug-likeness (QED) is 0.117. The number of hydrogen-bond acceptors (Lipinski definition) is 2. The van der Waals surface area contributed by atoms with Crippen LogP contribution in [0.2, 0.25) is 10.0 Å². The van der Waals surface area contributed by atoms with Crippen LogP contribution in [-0.4, -0.2) is 29.4 Å². The number of halogens is 2. The Bertz CT molecular complexity index is 2530. The van der Waals surface area contributed by atoms with Gasteiger partial charge in [0.1, 0.15) is 18.1 Å². The minimum Gasteiger partial charge on any atom is -0.456 e. The summed E-state index contributed by atoms with van der Waals surface area (Å²) in [6, 6.07) is 28.4. The SMILES string of the molecule is CCN1/C(=C/C=C2\CCC(/C=C/C3=[N+](CC)C4C=CC(C)=CC4C3(C)C)=C2Oc2c(C)cc([S+](c3ccc(Cl)cc3)c3ccc(Cl)cc3)cc2C)C(C)(C)c2cc(C)ccc21. The Morgan fingerprint density at radius 2 is 1.43 bits per heavy atom. The Morgan fingerprint density at radius 3 is 2.03 bits per heavy atom. The van der Waals surface area contributed by atoms with Crippen molar-refractivity contribution in [3.05, 3.63) is 182 Å². The Balaban J connectivity index is 1.22. The first kappa shape index (κ1) is 43.2. The van der Waals surface area contributed by atoms with Crippen LogP contribution in [0.3, 0.4) is 0 Å². The Hall–Kier alpha value is -4.48. The van der Waals surface area contributed by atoms with Gasteiger partial charge in [-0.1, -0.05) is 78.5 Å². The van der Waals surface area contributed by atoms with Gasteiger partial charge in [-0.05, 0) is 169 Å². The molecule has 0 spiro atoms. The second kappa shape index (κ2) is 17.0. The monoisotopic (exact) mass is 866 g/mol. The molecule has 0 radical (unpaired) electrons. The molecule has 3 nitrogen and oxygen atoms in total. The summed E-state index contributed by atoms with van der Waals surface area (Å²) in [7, 11) is -0.371. The van der Waals surface area contributed by atoms with Crippen LogP contribution in [0.5, 0.6) is 5.75 Å². The van der Waals surface area contributed by atoms with Crippen LogP contribution in [0.1, 0.15) is 83.6 Å². The number of allylic oxidation sites excluding steroid dienone is 9. The number of ether oxygens (including phenoxy) is 1. The van der Waals surface area contributed by atoms with Gasteiger partial charge < -0.3 is 9.64 Å². The lowest BCUT2D eigenvalue weighted by atomic mass is 9.72. The predicted octanol–water partition coefficient (Wildman–Crippen LogP) is 14.6. The van der Waals surface area contributed by atoms with E-state index in [1.807, 2.05) is 24.3 Å². The molecule has 0 saturated heterocycles. The molecule has 8 rings (SSSR count). The standard InChI is InChI=1S/C55H60Cl2N2OS/c1-11-58-48-27-13-35(3)31-46(48)54(7,8)50(58)29-17-39-15-16-40(18-30-51-55(9,10)47-32-36(4)14-28-49(47)59(51)12-2)53(39)60-52-37(5)33-45(34-38(52)6)61(43-23-19-41(56)20-24-43)44-25-21-42(57)22-26-44/h13-14,17-34,46,48H,11-12,15-16H2,1-10H3/q+2. The highest BCUT2D eigenvalue weighted by Gasteiger charge is 2.52.